The van der Waals surface area contributed by atoms with Gasteiger partial charge in [0.05, 0.1) is 19.1 Å². The number of benzene rings is 1. The van der Waals surface area contributed by atoms with Gasteiger partial charge in [-0.3, -0.25) is 4.79 Å². The number of aliphatic hydroxyl groups is 1. The van der Waals surface area contributed by atoms with E-state index in [-0.39, 0.29) is 32.6 Å². The number of para-hydroxylation sites is 1. The average Bonchev–Trinajstić information content (AvgIpc) is 2.87. The predicted molar refractivity (Wildman–Crippen MR) is 76.0 cm³/mol. The van der Waals surface area contributed by atoms with Crippen LogP contribution in [0.25, 0.3) is 5.69 Å². The van der Waals surface area contributed by atoms with Crippen LogP contribution in [0.3, 0.4) is 0 Å². The van der Waals surface area contributed by atoms with Crippen LogP contribution < -0.4 is 4.74 Å². The van der Waals surface area contributed by atoms with E-state index in [1.54, 1.807) is 24.1 Å². The number of rotatable bonds is 3. The van der Waals surface area contributed by atoms with Crippen molar-refractivity contribution in [3.8, 4) is 11.6 Å². The van der Waals surface area contributed by atoms with Crippen molar-refractivity contribution in [3.05, 3.63) is 54.4 Å². The Labute approximate surface area is 138 Å². The molecule has 1 N–H and O–H groups in total. The van der Waals surface area contributed by atoms with E-state index in [2.05, 4.69) is 11.2 Å². The van der Waals surface area contributed by atoms with Crippen LogP contribution in [-0.2, 0) is 25.9 Å². The standard InChI is InChI=1S/C10H9N2O.C5H8O2.Pt/c1-13-10-7-8-11-12(10)9-5-3-2-4-6-9;1-4(6)3-5(2)7;/h2-5,7-8H,1H3;3,6H,1-2H3;/q-1;;/b;4-3-;. The fraction of sp³-hybridized carbons (Fsp3) is 0.200. The van der Waals surface area contributed by atoms with Crippen molar-refractivity contribution in [2.75, 3.05) is 7.11 Å². The average molecular weight is 468 g/mol. The van der Waals surface area contributed by atoms with E-state index in [9.17, 15) is 4.79 Å². The minimum atomic E-state index is -0.125. The Morgan fingerprint density at radius 3 is 2.52 bits per heavy atom. The van der Waals surface area contributed by atoms with Crippen LogP contribution in [0.4, 0.5) is 0 Å². The molecule has 0 bridgehead atoms. The minimum Gasteiger partial charge on any atom is -0.512 e. The molecule has 0 aliphatic carbocycles. The fourth-order valence-corrected chi connectivity index (χ4v) is 1.44. The van der Waals surface area contributed by atoms with Gasteiger partial charge in [-0.15, -0.1) is 6.07 Å². The molecule has 0 saturated heterocycles. The molecule has 0 aliphatic heterocycles. The largest absolute Gasteiger partial charge is 0.512 e. The molecule has 116 valence electrons. The van der Waals surface area contributed by atoms with Crippen LogP contribution in [0.1, 0.15) is 13.8 Å². The summed E-state index contributed by atoms with van der Waals surface area (Å²) in [5, 5.41) is 12.5. The summed E-state index contributed by atoms with van der Waals surface area (Å²) in [4.78, 5) is 10.0. The van der Waals surface area contributed by atoms with Gasteiger partial charge in [0.1, 0.15) is 0 Å². The summed E-state index contributed by atoms with van der Waals surface area (Å²) in [6.45, 7) is 2.85. The van der Waals surface area contributed by atoms with Gasteiger partial charge in [-0.25, -0.2) is 4.68 Å². The smallest absolute Gasteiger partial charge is 0.214 e. The zero-order chi connectivity index (χ0) is 15.0. The molecule has 1 aromatic carbocycles. The van der Waals surface area contributed by atoms with Crippen molar-refractivity contribution >= 4 is 5.78 Å². The fourth-order valence-electron chi connectivity index (χ4n) is 1.44. The van der Waals surface area contributed by atoms with Crippen molar-refractivity contribution in [2.24, 2.45) is 0 Å². The molecule has 5 nitrogen and oxygen atoms in total. The number of aliphatic hydroxyl groups excluding tert-OH is 1. The first-order valence-electron chi connectivity index (χ1n) is 5.97. The van der Waals surface area contributed by atoms with Gasteiger partial charge in [0.15, 0.2) is 5.78 Å². The van der Waals surface area contributed by atoms with Crippen molar-refractivity contribution in [1.82, 2.24) is 9.78 Å². The summed E-state index contributed by atoms with van der Waals surface area (Å²) in [5.74, 6) is 0.648. The van der Waals surface area contributed by atoms with E-state index in [4.69, 9.17) is 9.84 Å². The van der Waals surface area contributed by atoms with Crippen molar-refractivity contribution in [2.45, 2.75) is 13.8 Å². The summed E-state index contributed by atoms with van der Waals surface area (Å²) in [6, 6.07) is 12.5. The molecule has 6 heteroatoms. The molecule has 0 atom stereocenters. The molecule has 0 spiro atoms. The number of hydrogen-bond acceptors (Lipinski definition) is 4. The maximum Gasteiger partial charge on any atom is 0.214 e. The van der Waals surface area contributed by atoms with Gasteiger partial charge >= 0.3 is 0 Å². The second-order valence-electron chi connectivity index (χ2n) is 3.93. The number of ketones is 1. The first kappa shape index (κ1) is 19.1. The van der Waals surface area contributed by atoms with E-state index in [0.29, 0.717) is 5.88 Å². The number of carbonyl (C=O) groups excluding carboxylic acids is 1. The predicted octanol–water partition coefficient (Wildman–Crippen LogP) is 2.72. The molecule has 0 amide bonds. The van der Waals surface area contributed by atoms with Gasteiger partial charge in [-0.2, -0.15) is 29.4 Å². The molecule has 0 unspecified atom stereocenters. The molecule has 21 heavy (non-hydrogen) atoms. The quantitative estimate of drug-likeness (QED) is 0.428. The molecular weight excluding hydrogens is 451 g/mol. The third-order valence-electron chi connectivity index (χ3n) is 2.15. The Hall–Kier alpha value is -1.87. The van der Waals surface area contributed by atoms with E-state index in [1.165, 1.54) is 19.9 Å². The monoisotopic (exact) mass is 468 g/mol. The van der Waals surface area contributed by atoms with Gasteiger partial charge in [0, 0.05) is 33.2 Å². The van der Waals surface area contributed by atoms with E-state index >= 15 is 0 Å². The number of ether oxygens (including phenoxy) is 1. The molecule has 0 aliphatic rings. The molecular formula is C15H17N2O3Pt-. The Kier molecular flexibility index (Phi) is 9.06. The van der Waals surface area contributed by atoms with Crippen molar-refractivity contribution < 1.29 is 35.7 Å². The van der Waals surface area contributed by atoms with Gasteiger partial charge in [0.2, 0.25) is 5.88 Å². The SMILES string of the molecule is CC(=O)/C=C(/C)O.COc1ccnn1-c1[c-]cccc1.[Pt]. The third-order valence-corrected chi connectivity index (χ3v) is 2.15. The van der Waals surface area contributed by atoms with Gasteiger partial charge < -0.3 is 9.84 Å². The van der Waals surface area contributed by atoms with Crippen LogP contribution in [0, 0.1) is 6.07 Å². The number of hydrogen-bond donors (Lipinski definition) is 1. The van der Waals surface area contributed by atoms with Gasteiger partial charge in [-0.05, 0) is 19.5 Å². The molecule has 0 radical (unpaired) electrons. The molecule has 2 aromatic rings. The summed E-state index contributed by atoms with van der Waals surface area (Å²) < 4.78 is 6.81. The summed E-state index contributed by atoms with van der Waals surface area (Å²) in [7, 11) is 1.62. The molecule has 0 saturated carbocycles. The molecule has 1 aromatic heterocycles. The van der Waals surface area contributed by atoms with Crippen molar-refractivity contribution in [3.63, 3.8) is 0 Å². The second-order valence-corrected chi connectivity index (χ2v) is 3.93. The maximum atomic E-state index is 10.0. The summed E-state index contributed by atoms with van der Waals surface area (Å²) >= 11 is 0. The van der Waals surface area contributed by atoms with Crippen LogP contribution in [0.5, 0.6) is 5.88 Å². The van der Waals surface area contributed by atoms with E-state index < -0.39 is 0 Å². The normalized spacial score (nSPS) is 9.95. The third kappa shape index (κ3) is 6.91. The molecule has 1 heterocycles. The Bertz CT molecular complexity index is 576. The first-order valence-corrected chi connectivity index (χ1v) is 5.97. The minimum absolute atomic E-state index is 0. The number of aromatic nitrogens is 2. The summed E-state index contributed by atoms with van der Waals surface area (Å²) in [5.41, 5.74) is 0.879. The van der Waals surface area contributed by atoms with Crippen molar-refractivity contribution in [1.29, 1.82) is 0 Å². The number of nitrogens with zero attached hydrogens (tertiary/aromatic N) is 2. The second kappa shape index (κ2) is 9.94. The van der Waals surface area contributed by atoms with Gasteiger partial charge in [0.25, 0.3) is 0 Å². The zero-order valence-electron chi connectivity index (χ0n) is 12.0. The van der Waals surface area contributed by atoms with Gasteiger partial charge in [-0.1, -0.05) is 0 Å². The van der Waals surface area contributed by atoms with E-state index in [1.807, 2.05) is 24.3 Å². The maximum absolute atomic E-state index is 10.0. The number of allylic oxidation sites excluding steroid dienone is 2. The first-order chi connectivity index (χ1) is 9.54. The molecule has 0 fully saturated rings. The summed E-state index contributed by atoms with van der Waals surface area (Å²) in [6.07, 6.45) is 2.86. The number of carbonyl (C=O) groups is 1. The number of methoxy groups -OCH3 is 1. The Morgan fingerprint density at radius 2 is 2.10 bits per heavy atom. The zero-order valence-corrected chi connectivity index (χ0v) is 14.3. The topological polar surface area (TPSA) is 64.3 Å². The van der Waals surface area contributed by atoms with Crippen LogP contribution in [-0.4, -0.2) is 27.8 Å². The molecule has 2 rings (SSSR count). The van der Waals surface area contributed by atoms with E-state index in [0.717, 1.165) is 5.69 Å². The Balaban J connectivity index is 0.000000436. The Morgan fingerprint density at radius 1 is 1.38 bits per heavy atom. The van der Waals surface area contributed by atoms with Crippen LogP contribution in [0.15, 0.2) is 48.4 Å². The van der Waals surface area contributed by atoms with Crippen LogP contribution >= 0.6 is 0 Å². The van der Waals surface area contributed by atoms with Crippen LogP contribution in [0.2, 0.25) is 0 Å².